The molecule has 1 aromatic heterocycles. The highest BCUT2D eigenvalue weighted by Crippen LogP contribution is 2.67. The number of benzene rings is 2. The Balaban J connectivity index is 1.22. The lowest BCUT2D eigenvalue weighted by atomic mass is 9.96. The Morgan fingerprint density at radius 2 is 1.75 bits per heavy atom. The molecule has 0 aliphatic carbocycles. The van der Waals surface area contributed by atoms with Gasteiger partial charge in [0.05, 0.1) is 25.2 Å². The fourth-order valence-corrected chi connectivity index (χ4v) is 10.7. The lowest BCUT2D eigenvalue weighted by Gasteiger charge is -2.39. The molecule has 360 valence electrons. The van der Waals surface area contributed by atoms with E-state index in [1.165, 1.54) is 67.1 Å². The Morgan fingerprint density at radius 1 is 0.985 bits per heavy atom. The molecule has 4 amide bonds. The topological polar surface area (TPSA) is 215 Å². The van der Waals surface area contributed by atoms with Crippen LogP contribution in [0.4, 0.5) is 13.6 Å². The van der Waals surface area contributed by atoms with Crippen molar-refractivity contribution in [2.24, 2.45) is 0 Å². The number of carbonyl (C=O) groups is 6. The molecule has 0 saturated carbocycles. The lowest BCUT2D eigenvalue weighted by molar-refractivity contribution is -0.148. The number of nitrogens with one attached hydrogen (secondary N) is 2. The number of thioether (sulfide) groups is 1. The summed E-state index contributed by atoms with van der Waals surface area (Å²) in [6.07, 6.45) is 1.54. The number of likely N-dealkylation sites (tertiary alicyclic amines) is 1. The molecule has 3 fully saturated rings. The van der Waals surface area contributed by atoms with Gasteiger partial charge in [0.2, 0.25) is 36.1 Å². The molecule has 3 aromatic rings. The first-order valence-corrected chi connectivity index (χ1v) is 24.4. The predicted octanol–water partition coefficient (Wildman–Crippen LogP) is 6.01. The zero-order valence-electron chi connectivity index (χ0n) is 37.4. The summed E-state index contributed by atoms with van der Waals surface area (Å²) in [4.78, 5) is 102. The van der Waals surface area contributed by atoms with Crippen LogP contribution in [0.25, 0.3) is 15.6 Å². The highest BCUT2D eigenvalue weighted by molar-refractivity contribution is 8.13. The molecule has 22 heteroatoms. The van der Waals surface area contributed by atoms with Gasteiger partial charge in [-0.05, 0) is 80.1 Å². The molecule has 67 heavy (non-hydrogen) atoms. The van der Waals surface area contributed by atoms with Gasteiger partial charge in [0.15, 0.2) is 5.12 Å². The van der Waals surface area contributed by atoms with Crippen LogP contribution in [0.1, 0.15) is 87.2 Å². The Bertz CT molecular complexity index is 2520. The lowest BCUT2D eigenvalue weighted by Crippen LogP contribution is -2.61. The monoisotopic (exact) mass is 970 g/mol. The van der Waals surface area contributed by atoms with Gasteiger partial charge in [0, 0.05) is 68.2 Å². The zero-order chi connectivity index (χ0) is 48.6. The van der Waals surface area contributed by atoms with Crippen LogP contribution in [0.15, 0.2) is 59.5 Å². The van der Waals surface area contributed by atoms with Crippen molar-refractivity contribution in [3.05, 3.63) is 93.2 Å². The van der Waals surface area contributed by atoms with Crippen LogP contribution in [0, 0.1) is 6.57 Å². The van der Waals surface area contributed by atoms with E-state index in [1.807, 2.05) is 0 Å². The first-order valence-electron chi connectivity index (χ1n) is 21.9. The van der Waals surface area contributed by atoms with Gasteiger partial charge in [-0.15, -0.1) is 0 Å². The van der Waals surface area contributed by atoms with Crippen LogP contribution in [-0.2, 0) is 47.9 Å². The Kier molecular flexibility index (Phi) is 16.6. The van der Waals surface area contributed by atoms with Crippen LogP contribution >= 0.6 is 19.4 Å². The van der Waals surface area contributed by atoms with Crippen molar-refractivity contribution < 1.29 is 60.6 Å². The second-order valence-electron chi connectivity index (χ2n) is 16.7. The van der Waals surface area contributed by atoms with Crippen molar-refractivity contribution >= 4 is 65.0 Å². The van der Waals surface area contributed by atoms with Gasteiger partial charge in [-0.3, -0.25) is 37.9 Å². The molecule has 3 saturated heterocycles. The molecule has 0 bridgehead atoms. The fraction of sp³-hybridized carbons (Fsp3) is 0.511. The highest BCUT2D eigenvalue weighted by atomic mass is 32.2. The molecule has 0 radical (unpaired) electrons. The molecule has 3 aliphatic heterocycles. The van der Waals surface area contributed by atoms with Crippen LogP contribution in [0.5, 0.6) is 0 Å². The van der Waals surface area contributed by atoms with E-state index in [-0.39, 0.29) is 71.8 Å². The summed E-state index contributed by atoms with van der Waals surface area (Å²) in [5.74, 6) is -2.64. The number of aromatic nitrogens is 1. The quantitative estimate of drug-likeness (QED) is 0.0554. The third-order valence-corrected chi connectivity index (χ3v) is 14.6. The third kappa shape index (κ3) is 11.9. The summed E-state index contributed by atoms with van der Waals surface area (Å²) in [6.45, 7) is 12.5. The van der Waals surface area contributed by atoms with Crippen LogP contribution < -0.4 is 10.9 Å². The van der Waals surface area contributed by atoms with E-state index in [0.29, 0.717) is 36.6 Å². The summed E-state index contributed by atoms with van der Waals surface area (Å²) in [6, 6.07) is 7.26. The summed E-state index contributed by atoms with van der Waals surface area (Å²) >= 11 is 0.811. The van der Waals surface area contributed by atoms with Crippen molar-refractivity contribution in [3.63, 3.8) is 0 Å². The Labute approximate surface area is 389 Å². The highest BCUT2D eigenvalue weighted by Gasteiger charge is 2.56. The zero-order valence-corrected chi connectivity index (χ0v) is 39.2. The standard InChI is InChI=1S/C45H53F2N6O12PS/c1-6-7-40(56)67-19-18-63-66(61,64-26-62-44(60)65-27(2)3)45(46,47)33-11-10-29-8-9-31(20-32(29)21-33)41(57)50-37-25-51(28(4)54)17-15-34-12-13-38(53(34)42(37)58)43(59)52-23-35(36(24-52)48-5)30-14-16-49-39(55)22-30/h8-11,14,16,20-22,27,34-38H,6-7,12-13,15,17-19,23-26H2,1-4H3,(H,49,55)(H,50,57)/t34-,35-,36+,37+,38+,66?/m1/s1. The molecule has 2 aromatic carbocycles. The van der Waals surface area contributed by atoms with Gasteiger partial charge in [-0.2, -0.15) is 8.78 Å². The van der Waals surface area contributed by atoms with Gasteiger partial charge in [-0.1, -0.05) is 36.9 Å². The number of aromatic amines is 1. The number of H-pyrrole nitrogens is 1. The first kappa shape index (κ1) is 50.7. The number of alkyl halides is 2. The minimum Gasteiger partial charge on any atom is -0.432 e. The number of nitrogens with zero attached hydrogens (tertiary/aromatic N) is 4. The van der Waals surface area contributed by atoms with Crippen LogP contribution in [-0.4, -0.2) is 130 Å². The van der Waals surface area contributed by atoms with Crippen LogP contribution in [0.2, 0.25) is 0 Å². The molecule has 2 N–H and O–H groups in total. The molecular formula is C45H53F2N6O12PS. The van der Waals surface area contributed by atoms with Gasteiger partial charge in [0.25, 0.3) is 5.91 Å². The molecular weight excluding hydrogens is 918 g/mol. The van der Waals surface area contributed by atoms with Gasteiger partial charge in [0.1, 0.15) is 12.1 Å². The largest absolute Gasteiger partial charge is 0.510 e. The third-order valence-electron chi connectivity index (χ3n) is 11.8. The Hall–Kier alpha value is -5.68. The van der Waals surface area contributed by atoms with Crippen LogP contribution in [0.3, 0.4) is 0 Å². The summed E-state index contributed by atoms with van der Waals surface area (Å²) in [5.41, 5.74) is -4.98. The number of carbonyl (C=O) groups excluding carboxylic acids is 6. The van der Waals surface area contributed by atoms with Gasteiger partial charge in [-0.25, -0.2) is 11.4 Å². The van der Waals surface area contributed by atoms with Crippen molar-refractivity contribution in [1.29, 1.82) is 0 Å². The van der Waals surface area contributed by atoms with Gasteiger partial charge >= 0.3 is 19.4 Å². The predicted molar refractivity (Wildman–Crippen MR) is 241 cm³/mol. The van der Waals surface area contributed by atoms with Gasteiger partial charge < -0.3 is 43.8 Å². The number of rotatable bonds is 16. The van der Waals surface area contributed by atoms with Crippen molar-refractivity contribution in [2.45, 2.75) is 102 Å². The maximum Gasteiger partial charge on any atom is 0.510 e. The summed E-state index contributed by atoms with van der Waals surface area (Å²) in [5, 5.41) is 2.99. The van der Waals surface area contributed by atoms with Crippen molar-refractivity contribution in [2.75, 3.05) is 45.3 Å². The smallest absolute Gasteiger partial charge is 0.432 e. The molecule has 6 atom stereocenters. The Morgan fingerprint density at radius 3 is 2.45 bits per heavy atom. The number of halogens is 2. The number of pyridine rings is 1. The molecule has 3 aliphatic rings. The summed E-state index contributed by atoms with van der Waals surface area (Å²) in [7, 11) is -5.52. The molecule has 0 spiro atoms. The average Bonchev–Trinajstić information content (AvgIpc) is 3.92. The van der Waals surface area contributed by atoms with E-state index in [2.05, 4.69) is 15.1 Å². The number of amides is 4. The van der Waals surface area contributed by atoms with E-state index < -0.39 is 86.4 Å². The number of hydrogen-bond donors (Lipinski definition) is 2. The average molecular weight is 971 g/mol. The first-order chi connectivity index (χ1) is 31.8. The van der Waals surface area contributed by atoms with E-state index in [1.54, 1.807) is 17.9 Å². The summed E-state index contributed by atoms with van der Waals surface area (Å²) < 4.78 is 66.5. The maximum atomic E-state index is 16.4. The molecule has 18 nitrogen and oxygen atoms in total. The maximum absolute atomic E-state index is 16.4. The number of ether oxygens (including phenoxy) is 2. The molecule has 6 rings (SSSR count). The van der Waals surface area contributed by atoms with E-state index in [4.69, 9.17) is 25.1 Å². The van der Waals surface area contributed by atoms with E-state index in [9.17, 15) is 38.1 Å². The molecule has 1 unspecified atom stereocenters. The second-order valence-corrected chi connectivity index (χ2v) is 20.0. The van der Waals surface area contributed by atoms with Crippen molar-refractivity contribution in [1.82, 2.24) is 25.0 Å². The second kappa shape index (κ2) is 22.0. The normalized spacial score (nSPS) is 21.8. The van der Waals surface area contributed by atoms with E-state index in [0.717, 1.165) is 23.9 Å². The molecule has 4 heterocycles. The number of hydrogen-bond acceptors (Lipinski definition) is 13. The fourth-order valence-electron chi connectivity index (χ4n) is 8.47. The SMILES string of the molecule is [C-]#[N+][C@H]1CN(C(=O)[C@@H]2CC[C@@H]3CCN(C(C)=O)C[C@H](NC(=O)c4ccc5ccc(C(F)(F)P(=O)(OCCSC(=O)CCC)OCOC(=O)OC(C)C)cc5c4)C(=O)N32)C[C@@H]1c1cc[nH]c(=O)c1. The van der Waals surface area contributed by atoms with Crippen molar-refractivity contribution in [3.8, 4) is 0 Å². The minimum atomic E-state index is -5.52. The number of fused-ring (bicyclic) bond motifs is 2. The van der Waals surface area contributed by atoms with E-state index >= 15 is 8.78 Å². The minimum absolute atomic E-state index is 0.0580.